The number of nitrogens with zero attached hydrogens (tertiary/aromatic N) is 1. The van der Waals surface area contributed by atoms with E-state index in [0.29, 0.717) is 51.0 Å². The van der Waals surface area contributed by atoms with E-state index in [1.54, 1.807) is 72.8 Å². The minimum Gasteiger partial charge on any atom is -0.457 e. The first-order valence-corrected chi connectivity index (χ1v) is 14.0. The summed E-state index contributed by atoms with van der Waals surface area (Å²) in [5.41, 5.74) is 2.26. The Hall–Kier alpha value is -4.80. The molecule has 10 heteroatoms. The number of imide groups is 1. The van der Waals surface area contributed by atoms with Crippen LogP contribution in [0.1, 0.15) is 53.6 Å². The zero-order valence-corrected chi connectivity index (χ0v) is 22.6. The molecular formula is C31H25N3O6S. The highest BCUT2D eigenvalue weighted by Crippen LogP contribution is 2.31. The number of anilines is 2. The number of hydrogen-bond acceptors (Lipinski definition) is 7. The topological polar surface area (TPSA) is 114 Å². The molecule has 1 saturated heterocycles. The van der Waals surface area contributed by atoms with Gasteiger partial charge in [-0.1, -0.05) is 6.07 Å². The van der Waals surface area contributed by atoms with Crippen LogP contribution < -0.4 is 15.4 Å². The maximum atomic E-state index is 12.9. The lowest BCUT2D eigenvalue weighted by Gasteiger charge is -2.17. The molecule has 1 atom stereocenters. The number of amides is 4. The van der Waals surface area contributed by atoms with Gasteiger partial charge in [0.05, 0.1) is 28.7 Å². The average molecular weight is 568 g/mol. The summed E-state index contributed by atoms with van der Waals surface area (Å²) in [5.74, 6) is -0.236. The van der Waals surface area contributed by atoms with Crippen LogP contribution in [-0.4, -0.2) is 47.8 Å². The number of nitrogens with one attached hydrogen (secondary N) is 2. The van der Waals surface area contributed by atoms with E-state index < -0.39 is 0 Å². The fourth-order valence-electron chi connectivity index (χ4n) is 4.74. The third-order valence-electron chi connectivity index (χ3n) is 6.85. The van der Waals surface area contributed by atoms with Gasteiger partial charge in [-0.15, -0.1) is 11.3 Å². The van der Waals surface area contributed by atoms with Crippen molar-refractivity contribution in [3.63, 3.8) is 0 Å². The largest absolute Gasteiger partial charge is 0.457 e. The Morgan fingerprint density at radius 2 is 1.54 bits per heavy atom. The Labute approximate surface area is 239 Å². The Kier molecular flexibility index (Phi) is 7.32. The molecule has 0 spiro atoms. The SMILES string of the molecule is O=C(Nc1ccc(Oc2ccc3c(c2)C(=O)N(CC2CCCO2)C3=O)cc1)c1ccc(NC(=O)c2cccs2)cc1. The number of ether oxygens (including phenoxy) is 2. The highest BCUT2D eigenvalue weighted by atomic mass is 32.1. The zero-order valence-electron chi connectivity index (χ0n) is 21.8. The fourth-order valence-corrected chi connectivity index (χ4v) is 5.36. The molecule has 1 fully saturated rings. The predicted octanol–water partition coefficient (Wildman–Crippen LogP) is 5.82. The molecule has 41 heavy (non-hydrogen) atoms. The van der Waals surface area contributed by atoms with E-state index in [4.69, 9.17) is 9.47 Å². The van der Waals surface area contributed by atoms with E-state index in [9.17, 15) is 19.2 Å². The van der Waals surface area contributed by atoms with Crippen LogP contribution in [0.15, 0.2) is 84.2 Å². The Balaban J connectivity index is 1.05. The smallest absolute Gasteiger partial charge is 0.265 e. The van der Waals surface area contributed by atoms with Gasteiger partial charge in [-0.05, 0) is 91.0 Å². The number of carbonyl (C=O) groups excluding carboxylic acids is 4. The molecule has 4 amide bonds. The molecule has 0 aliphatic carbocycles. The van der Waals surface area contributed by atoms with E-state index >= 15 is 0 Å². The van der Waals surface area contributed by atoms with Gasteiger partial charge in [-0.3, -0.25) is 24.1 Å². The Morgan fingerprint density at radius 3 is 2.22 bits per heavy atom. The fraction of sp³-hybridized carbons (Fsp3) is 0.161. The van der Waals surface area contributed by atoms with Crippen molar-refractivity contribution in [2.24, 2.45) is 0 Å². The molecule has 2 N–H and O–H groups in total. The van der Waals surface area contributed by atoms with Gasteiger partial charge < -0.3 is 20.1 Å². The van der Waals surface area contributed by atoms with Crippen molar-refractivity contribution in [1.29, 1.82) is 0 Å². The Morgan fingerprint density at radius 1 is 0.854 bits per heavy atom. The number of rotatable bonds is 8. The molecule has 3 aromatic carbocycles. The molecule has 1 aromatic heterocycles. The summed E-state index contributed by atoms with van der Waals surface area (Å²) in [5, 5.41) is 7.47. The van der Waals surface area contributed by atoms with Crippen molar-refractivity contribution in [2.45, 2.75) is 18.9 Å². The molecule has 9 nitrogen and oxygen atoms in total. The summed E-state index contributed by atoms with van der Waals surface area (Å²) in [7, 11) is 0. The molecule has 3 heterocycles. The molecule has 4 aromatic rings. The molecule has 6 rings (SSSR count). The summed E-state index contributed by atoms with van der Waals surface area (Å²) in [6.07, 6.45) is 1.65. The molecule has 1 unspecified atom stereocenters. The monoisotopic (exact) mass is 567 g/mol. The minimum atomic E-state index is -0.345. The third kappa shape index (κ3) is 5.74. The van der Waals surface area contributed by atoms with Gasteiger partial charge in [-0.2, -0.15) is 0 Å². The van der Waals surface area contributed by atoms with Crippen molar-refractivity contribution in [3.05, 3.63) is 106 Å². The summed E-state index contributed by atoms with van der Waals surface area (Å²) in [6, 6.07) is 21.8. The molecule has 0 bridgehead atoms. The van der Waals surface area contributed by atoms with Gasteiger partial charge in [0.2, 0.25) is 0 Å². The lowest BCUT2D eigenvalue weighted by atomic mass is 10.1. The summed E-state index contributed by atoms with van der Waals surface area (Å²) < 4.78 is 11.5. The predicted molar refractivity (Wildman–Crippen MR) is 154 cm³/mol. The van der Waals surface area contributed by atoms with E-state index in [0.717, 1.165) is 12.8 Å². The number of fused-ring (bicyclic) bond motifs is 1. The van der Waals surface area contributed by atoms with E-state index in [2.05, 4.69) is 10.6 Å². The van der Waals surface area contributed by atoms with Gasteiger partial charge in [0.1, 0.15) is 11.5 Å². The van der Waals surface area contributed by atoms with Crippen LogP contribution in [0, 0.1) is 0 Å². The van der Waals surface area contributed by atoms with Crippen LogP contribution in [0.5, 0.6) is 11.5 Å². The summed E-state index contributed by atoms with van der Waals surface area (Å²) >= 11 is 1.35. The molecule has 206 valence electrons. The van der Waals surface area contributed by atoms with Crippen molar-refractivity contribution in [3.8, 4) is 11.5 Å². The molecule has 0 radical (unpaired) electrons. The molecule has 2 aliphatic rings. The normalized spacial score (nSPS) is 16.0. The van der Waals surface area contributed by atoms with Crippen molar-refractivity contribution < 1.29 is 28.7 Å². The van der Waals surface area contributed by atoms with Crippen molar-refractivity contribution >= 4 is 46.3 Å². The molecule has 0 saturated carbocycles. The van der Waals surface area contributed by atoms with Crippen LogP contribution in [0.3, 0.4) is 0 Å². The van der Waals surface area contributed by atoms with E-state index in [1.807, 2.05) is 11.4 Å². The lowest BCUT2D eigenvalue weighted by molar-refractivity contribution is 0.0475. The first-order valence-electron chi connectivity index (χ1n) is 13.1. The average Bonchev–Trinajstić information content (AvgIpc) is 3.75. The maximum Gasteiger partial charge on any atom is 0.265 e. The maximum absolute atomic E-state index is 12.9. The van der Waals surface area contributed by atoms with Gasteiger partial charge in [0, 0.05) is 23.5 Å². The highest BCUT2D eigenvalue weighted by molar-refractivity contribution is 7.12. The standard InChI is InChI=1S/C31H25N3O6S/c35-28(19-5-7-20(8-6-19)33-29(36)27-4-2-16-41-27)32-21-9-11-22(12-10-21)40-23-13-14-25-26(17-23)31(38)34(30(25)37)18-24-3-1-15-39-24/h2,4-14,16-17,24H,1,3,15,18H2,(H,32,35)(H,33,36). The highest BCUT2D eigenvalue weighted by Gasteiger charge is 2.37. The second-order valence-corrected chi connectivity index (χ2v) is 10.6. The lowest BCUT2D eigenvalue weighted by Crippen LogP contribution is -2.36. The number of carbonyl (C=O) groups is 4. The van der Waals surface area contributed by atoms with Crippen molar-refractivity contribution in [2.75, 3.05) is 23.8 Å². The summed E-state index contributed by atoms with van der Waals surface area (Å²) in [4.78, 5) is 52.4. The second-order valence-electron chi connectivity index (χ2n) is 9.65. The zero-order chi connectivity index (χ0) is 28.3. The van der Waals surface area contributed by atoms with Gasteiger partial charge in [-0.25, -0.2) is 0 Å². The number of hydrogen-bond donors (Lipinski definition) is 2. The first kappa shape index (κ1) is 26.4. The van der Waals surface area contributed by atoms with Gasteiger partial charge >= 0.3 is 0 Å². The van der Waals surface area contributed by atoms with Crippen molar-refractivity contribution in [1.82, 2.24) is 4.90 Å². The van der Waals surface area contributed by atoms with Crippen LogP contribution in [-0.2, 0) is 4.74 Å². The van der Waals surface area contributed by atoms with Gasteiger partial charge in [0.15, 0.2) is 0 Å². The molecular weight excluding hydrogens is 542 g/mol. The molecule has 2 aliphatic heterocycles. The van der Waals surface area contributed by atoms with E-state index in [-0.39, 0.29) is 36.3 Å². The first-order chi connectivity index (χ1) is 19.9. The second kappa shape index (κ2) is 11.4. The van der Waals surface area contributed by atoms with Crippen LogP contribution in [0.4, 0.5) is 11.4 Å². The number of thiophene rings is 1. The van der Waals surface area contributed by atoms with Crippen LogP contribution in [0.2, 0.25) is 0 Å². The Bertz CT molecular complexity index is 1610. The van der Waals surface area contributed by atoms with E-state index in [1.165, 1.54) is 16.2 Å². The third-order valence-corrected chi connectivity index (χ3v) is 7.72. The van der Waals surface area contributed by atoms with Gasteiger partial charge in [0.25, 0.3) is 23.6 Å². The van der Waals surface area contributed by atoms with Crippen LogP contribution in [0.25, 0.3) is 0 Å². The number of benzene rings is 3. The van der Waals surface area contributed by atoms with Crippen LogP contribution >= 0.6 is 11.3 Å². The quantitative estimate of drug-likeness (QED) is 0.260. The summed E-state index contributed by atoms with van der Waals surface area (Å²) in [6.45, 7) is 0.908. The minimum absolute atomic E-state index is 0.115.